The highest BCUT2D eigenvalue weighted by Gasteiger charge is 2.35. The molecule has 1 aromatic carbocycles. The van der Waals surface area contributed by atoms with E-state index in [1.807, 2.05) is 0 Å². The SMILES string of the molecule is O=C(O)[C@H]1CCCC[C@H]1C(=O)Nc1ccc(Cl)cc1F. The van der Waals surface area contributed by atoms with Crippen LogP contribution in [0.1, 0.15) is 25.7 Å². The molecular formula is C14H15ClFNO3. The lowest BCUT2D eigenvalue weighted by Gasteiger charge is -2.27. The predicted octanol–water partition coefficient (Wildman–Crippen LogP) is 3.31. The minimum absolute atomic E-state index is 0.0223. The zero-order chi connectivity index (χ0) is 14.7. The molecule has 0 bridgehead atoms. The highest BCUT2D eigenvalue weighted by Crippen LogP contribution is 2.31. The molecule has 1 aliphatic rings. The first-order valence-corrected chi connectivity index (χ1v) is 6.85. The zero-order valence-electron chi connectivity index (χ0n) is 10.7. The number of halogens is 2. The van der Waals surface area contributed by atoms with E-state index in [0.717, 1.165) is 18.9 Å². The van der Waals surface area contributed by atoms with Gasteiger partial charge in [-0.25, -0.2) is 4.39 Å². The third kappa shape index (κ3) is 3.28. The third-order valence-electron chi connectivity index (χ3n) is 3.61. The highest BCUT2D eigenvalue weighted by molar-refractivity contribution is 6.30. The van der Waals surface area contributed by atoms with Gasteiger partial charge in [0.1, 0.15) is 5.82 Å². The summed E-state index contributed by atoms with van der Waals surface area (Å²) in [6, 6.07) is 3.94. The van der Waals surface area contributed by atoms with Crippen molar-refractivity contribution >= 4 is 29.2 Å². The van der Waals surface area contributed by atoms with E-state index in [1.54, 1.807) is 0 Å². The molecule has 0 aliphatic heterocycles. The second-order valence-electron chi connectivity index (χ2n) is 4.95. The normalized spacial score (nSPS) is 22.3. The van der Waals surface area contributed by atoms with Gasteiger partial charge in [0.15, 0.2) is 0 Å². The fraction of sp³-hybridized carbons (Fsp3) is 0.429. The molecule has 0 spiro atoms. The lowest BCUT2D eigenvalue weighted by Crippen LogP contribution is -2.36. The van der Waals surface area contributed by atoms with Crippen molar-refractivity contribution in [2.45, 2.75) is 25.7 Å². The standard InChI is InChI=1S/C14H15ClFNO3/c15-8-5-6-12(11(16)7-8)17-13(18)9-3-1-2-4-10(9)14(19)20/h5-7,9-10H,1-4H2,(H,17,18)(H,19,20)/t9-,10+/m1/s1. The summed E-state index contributed by atoms with van der Waals surface area (Å²) in [4.78, 5) is 23.3. The maximum Gasteiger partial charge on any atom is 0.307 e. The van der Waals surface area contributed by atoms with E-state index in [2.05, 4.69) is 5.32 Å². The van der Waals surface area contributed by atoms with Gasteiger partial charge in [-0.15, -0.1) is 0 Å². The van der Waals surface area contributed by atoms with Crippen LogP contribution in [0, 0.1) is 17.7 Å². The van der Waals surface area contributed by atoms with Crippen molar-refractivity contribution in [3.8, 4) is 0 Å². The molecule has 1 saturated carbocycles. The van der Waals surface area contributed by atoms with Gasteiger partial charge in [0, 0.05) is 5.02 Å². The summed E-state index contributed by atoms with van der Waals surface area (Å²) in [6.07, 6.45) is 2.61. The Bertz CT molecular complexity index is 535. The third-order valence-corrected chi connectivity index (χ3v) is 3.84. The number of aliphatic carboxylic acids is 1. The molecule has 0 unspecified atom stereocenters. The molecule has 1 aliphatic carbocycles. The van der Waals surface area contributed by atoms with Crippen LogP contribution < -0.4 is 5.32 Å². The minimum atomic E-state index is -0.971. The van der Waals surface area contributed by atoms with Gasteiger partial charge in [0.25, 0.3) is 0 Å². The van der Waals surface area contributed by atoms with Gasteiger partial charge in [-0.05, 0) is 31.0 Å². The molecule has 6 heteroatoms. The molecule has 0 radical (unpaired) electrons. The number of benzene rings is 1. The molecule has 4 nitrogen and oxygen atoms in total. The lowest BCUT2D eigenvalue weighted by molar-refractivity contribution is -0.147. The Labute approximate surface area is 120 Å². The Morgan fingerprint density at radius 2 is 1.90 bits per heavy atom. The number of hydrogen-bond donors (Lipinski definition) is 2. The van der Waals surface area contributed by atoms with Crippen LogP contribution in [-0.2, 0) is 9.59 Å². The molecule has 1 fully saturated rings. The van der Waals surface area contributed by atoms with Crippen molar-refractivity contribution in [2.75, 3.05) is 5.32 Å². The fourth-order valence-corrected chi connectivity index (χ4v) is 2.72. The quantitative estimate of drug-likeness (QED) is 0.900. The first-order chi connectivity index (χ1) is 9.49. The summed E-state index contributed by atoms with van der Waals surface area (Å²) in [6.45, 7) is 0. The summed E-state index contributed by atoms with van der Waals surface area (Å²) in [5.74, 6) is -3.36. The molecule has 1 aromatic rings. The zero-order valence-corrected chi connectivity index (χ0v) is 11.5. The molecule has 2 N–H and O–H groups in total. The Morgan fingerprint density at radius 1 is 1.25 bits per heavy atom. The number of amides is 1. The molecule has 0 saturated heterocycles. The number of carbonyl (C=O) groups is 2. The molecular weight excluding hydrogens is 285 g/mol. The first kappa shape index (κ1) is 14.8. The van der Waals surface area contributed by atoms with Gasteiger partial charge >= 0.3 is 5.97 Å². The number of carbonyl (C=O) groups excluding carboxylic acids is 1. The van der Waals surface area contributed by atoms with Crippen LogP contribution in [0.2, 0.25) is 5.02 Å². The average Bonchev–Trinajstić information content (AvgIpc) is 2.41. The van der Waals surface area contributed by atoms with E-state index in [0.29, 0.717) is 12.8 Å². The minimum Gasteiger partial charge on any atom is -0.481 e. The monoisotopic (exact) mass is 299 g/mol. The highest BCUT2D eigenvalue weighted by atomic mass is 35.5. The topological polar surface area (TPSA) is 66.4 Å². The van der Waals surface area contributed by atoms with Gasteiger partial charge in [-0.3, -0.25) is 9.59 Å². The lowest BCUT2D eigenvalue weighted by atomic mass is 9.78. The average molecular weight is 300 g/mol. The number of anilines is 1. The summed E-state index contributed by atoms with van der Waals surface area (Å²) >= 11 is 5.64. The van der Waals surface area contributed by atoms with Crippen LogP contribution in [0.5, 0.6) is 0 Å². The smallest absolute Gasteiger partial charge is 0.307 e. The molecule has 108 valence electrons. The van der Waals surface area contributed by atoms with E-state index in [-0.39, 0.29) is 10.7 Å². The summed E-state index contributed by atoms with van der Waals surface area (Å²) in [5, 5.41) is 11.8. The van der Waals surface area contributed by atoms with Crippen LogP contribution in [0.4, 0.5) is 10.1 Å². The fourth-order valence-electron chi connectivity index (χ4n) is 2.56. The van der Waals surface area contributed by atoms with Crippen molar-refractivity contribution < 1.29 is 19.1 Å². The number of hydrogen-bond acceptors (Lipinski definition) is 2. The van der Waals surface area contributed by atoms with Crippen LogP contribution >= 0.6 is 11.6 Å². The Morgan fingerprint density at radius 3 is 2.50 bits per heavy atom. The molecule has 0 heterocycles. The van der Waals surface area contributed by atoms with Crippen LogP contribution in [-0.4, -0.2) is 17.0 Å². The maximum atomic E-state index is 13.6. The molecule has 0 aromatic heterocycles. The van der Waals surface area contributed by atoms with Crippen molar-refractivity contribution in [3.63, 3.8) is 0 Å². The summed E-state index contributed by atoms with van der Waals surface area (Å²) in [5.41, 5.74) is 0.0223. The van der Waals surface area contributed by atoms with E-state index in [4.69, 9.17) is 16.7 Å². The van der Waals surface area contributed by atoms with Crippen molar-refractivity contribution in [3.05, 3.63) is 29.0 Å². The second-order valence-corrected chi connectivity index (χ2v) is 5.39. The van der Waals surface area contributed by atoms with Crippen LogP contribution in [0.25, 0.3) is 0 Å². The van der Waals surface area contributed by atoms with E-state index >= 15 is 0 Å². The van der Waals surface area contributed by atoms with Crippen molar-refractivity contribution in [1.82, 2.24) is 0 Å². The van der Waals surface area contributed by atoms with E-state index in [9.17, 15) is 14.0 Å². The Hall–Kier alpha value is -1.62. The number of nitrogens with one attached hydrogen (secondary N) is 1. The van der Waals surface area contributed by atoms with Crippen LogP contribution in [0.15, 0.2) is 18.2 Å². The van der Waals surface area contributed by atoms with Gasteiger partial charge in [-0.1, -0.05) is 24.4 Å². The van der Waals surface area contributed by atoms with Gasteiger partial charge in [0.05, 0.1) is 17.5 Å². The van der Waals surface area contributed by atoms with Crippen LogP contribution in [0.3, 0.4) is 0 Å². The predicted molar refractivity (Wildman–Crippen MR) is 73.1 cm³/mol. The van der Waals surface area contributed by atoms with Gasteiger partial charge in [0.2, 0.25) is 5.91 Å². The van der Waals surface area contributed by atoms with Gasteiger partial charge < -0.3 is 10.4 Å². The Balaban J connectivity index is 2.12. The van der Waals surface area contributed by atoms with E-state index in [1.165, 1.54) is 12.1 Å². The van der Waals surface area contributed by atoms with Gasteiger partial charge in [-0.2, -0.15) is 0 Å². The summed E-state index contributed by atoms with van der Waals surface area (Å²) in [7, 11) is 0. The largest absolute Gasteiger partial charge is 0.481 e. The van der Waals surface area contributed by atoms with Crippen molar-refractivity contribution in [2.24, 2.45) is 11.8 Å². The molecule has 1 amide bonds. The molecule has 2 atom stereocenters. The summed E-state index contributed by atoms with van der Waals surface area (Å²) < 4.78 is 13.6. The Kier molecular flexibility index (Phi) is 4.60. The maximum absolute atomic E-state index is 13.6. The number of rotatable bonds is 3. The molecule has 2 rings (SSSR count). The van der Waals surface area contributed by atoms with E-state index < -0.39 is 29.5 Å². The number of carboxylic acids is 1. The second kappa shape index (κ2) is 6.22. The molecule has 20 heavy (non-hydrogen) atoms. The number of carboxylic acid groups (broad SMARTS) is 1. The van der Waals surface area contributed by atoms with Crippen molar-refractivity contribution in [1.29, 1.82) is 0 Å². The first-order valence-electron chi connectivity index (χ1n) is 6.48.